The highest BCUT2D eigenvalue weighted by Crippen LogP contribution is 2.47. The van der Waals surface area contributed by atoms with Crippen LogP contribution in [0.15, 0.2) is 90.6 Å². The Kier molecular flexibility index (Phi) is 5.59. The molecule has 2 atom stereocenters. The first kappa shape index (κ1) is 25.4. The maximum Gasteiger partial charge on any atom is 0.225 e. The highest BCUT2D eigenvalue weighted by atomic mass is 19.1. The van der Waals surface area contributed by atoms with Crippen molar-refractivity contribution >= 4 is 27.6 Å². The second-order valence-electron chi connectivity index (χ2n) is 11.3. The summed E-state index contributed by atoms with van der Waals surface area (Å²) in [5, 5.41) is 2.24. The largest absolute Gasteiger partial charge is 0.451 e. The van der Waals surface area contributed by atoms with E-state index in [1.807, 2.05) is 53.2 Å². The number of benzene rings is 3. The number of nitrogens with zero attached hydrogens (tertiary/aromatic N) is 7. The molecule has 0 amide bonds. The molecule has 9 rings (SSSR count). The van der Waals surface area contributed by atoms with Crippen LogP contribution < -0.4 is 15.1 Å². The topological polar surface area (TPSA) is 90.5 Å². The highest BCUT2D eigenvalue weighted by molar-refractivity contribution is 5.99. The van der Waals surface area contributed by atoms with Crippen LogP contribution in [-0.2, 0) is 4.74 Å². The summed E-state index contributed by atoms with van der Waals surface area (Å²) in [5.74, 6) is 1.00. The van der Waals surface area contributed by atoms with Gasteiger partial charge in [-0.15, -0.1) is 0 Å². The molecule has 0 saturated carbocycles. The van der Waals surface area contributed by atoms with Crippen LogP contribution in [0.25, 0.3) is 33.1 Å². The lowest BCUT2D eigenvalue weighted by Gasteiger charge is -2.47. The maximum atomic E-state index is 15.9. The number of imidazole rings is 1. The first-order chi connectivity index (χ1) is 21.7. The van der Waals surface area contributed by atoms with Crippen molar-refractivity contribution in [3.8, 4) is 22.9 Å². The molecule has 11 heteroatoms. The van der Waals surface area contributed by atoms with Crippen molar-refractivity contribution in [2.45, 2.75) is 12.1 Å². The van der Waals surface area contributed by atoms with Gasteiger partial charge in [-0.05, 0) is 23.6 Å². The van der Waals surface area contributed by atoms with Crippen molar-refractivity contribution in [3.05, 3.63) is 107 Å². The molecule has 2 fully saturated rings. The minimum atomic E-state index is -0.569. The van der Waals surface area contributed by atoms with Gasteiger partial charge in [-0.3, -0.25) is 9.69 Å². The molecule has 44 heavy (non-hydrogen) atoms. The van der Waals surface area contributed by atoms with Gasteiger partial charge in [-0.25, -0.2) is 19.3 Å². The lowest BCUT2D eigenvalue weighted by molar-refractivity contribution is -0.139. The van der Waals surface area contributed by atoms with Crippen LogP contribution in [0, 0.1) is 5.82 Å². The van der Waals surface area contributed by atoms with E-state index in [1.54, 1.807) is 29.4 Å². The molecular weight excluding hydrogens is 561 g/mol. The van der Waals surface area contributed by atoms with E-state index in [-0.39, 0.29) is 28.3 Å². The van der Waals surface area contributed by atoms with Gasteiger partial charge in [0.1, 0.15) is 17.3 Å². The summed E-state index contributed by atoms with van der Waals surface area (Å²) in [6, 6.07) is 15.1. The molecule has 0 N–H and O–H groups in total. The second kappa shape index (κ2) is 9.69. The number of aromatic nitrogens is 5. The van der Waals surface area contributed by atoms with Crippen molar-refractivity contribution in [3.63, 3.8) is 0 Å². The summed E-state index contributed by atoms with van der Waals surface area (Å²) >= 11 is 0. The number of hydrogen-bond acceptors (Lipinski definition) is 8. The van der Waals surface area contributed by atoms with Gasteiger partial charge in [0.2, 0.25) is 5.95 Å². The smallest absolute Gasteiger partial charge is 0.225 e. The van der Waals surface area contributed by atoms with Gasteiger partial charge in [0, 0.05) is 68.1 Å². The molecule has 0 radical (unpaired) electrons. The third-order valence-corrected chi connectivity index (χ3v) is 9.00. The van der Waals surface area contributed by atoms with E-state index in [9.17, 15) is 4.79 Å². The highest BCUT2D eigenvalue weighted by Gasteiger charge is 2.42. The molecule has 0 spiro atoms. The first-order valence-corrected chi connectivity index (χ1v) is 14.6. The van der Waals surface area contributed by atoms with Gasteiger partial charge < -0.3 is 23.5 Å². The standard InChI is InChI=1S/C33H26FN7O3/c34-24-16-22-28-32(29(24)40-11-10-35-19-40)44-26-7-6-20-4-1-2-5-21(20)27(26)41(28)17-23(30(22)42)31-25(18-43-31)38-12-14-39(15-13-38)33-36-8-3-9-37-33/h1-11,16-17,19,25,31H,12-15,18H2. The zero-order valence-corrected chi connectivity index (χ0v) is 23.5. The Bertz CT molecular complexity index is 2130. The lowest BCUT2D eigenvalue weighted by atomic mass is 9.94. The van der Waals surface area contributed by atoms with Gasteiger partial charge in [0.25, 0.3) is 0 Å². The number of pyridine rings is 1. The predicted octanol–water partition coefficient (Wildman–Crippen LogP) is 4.63. The third kappa shape index (κ3) is 3.72. The molecule has 218 valence electrons. The minimum Gasteiger partial charge on any atom is -0.451 e. The van der Waals surface area contributed by atoms with E-state index in [0.29, 0.717) is 23.4 Å². The van der Waals surface area contributed by atoms with E-state index in [1.165, 1.54) is 12.4 Å². The van der Waals surface area contributed by atoms with E-state index in [2.05, 4.69) is 24.8 Å². The Hall–Kier alpha value is -5.13. The second-order valence-corrected chi connectivity index (χ2v) is 11.3. The van der Waals surface area contributed by atoms with Gasteiger partial charge in [-0.1, -0.05) is 30.3 Å². The summed E-state index contributed by atoms with van der Waals surface area (Å²) in [5.41, 5.74) is 1.76. The molecule has 2 saturated heterocycles. The average Bonchev–Trinajstić information content (AvgIpc) is 3.57. The number of anilines is 1. The molecular formula is C33H26FN7O3. The zero-order chi connectivity index (χ0) is 29.4. The molecule has 0 bridgehead atoms. The number of fused-ring (bicyclic) bond motifs is 4. The van der Waals surface area contributed by atoms with Gasteiger partial charge >= 0.3 is 0 Å². The van der Waals surface area contributed by atoms with E-state index >= 15 is 4.39 Å². The van der Waals surface area contributed by atoms with Crippen LogP contribution in [0.3, 0.4) is 0 Å². The third-order valence-electron chi connectivity index (χ3n) is 9.00. The average molecular weight is 588 g/mol. The van der Waals surface area contributed by atoms with Crippen molar-refractivity contribution in [1.29, 1.82) is 0 Å². The number of halogens is 1. The molecule has 6 heterocycles. The molecule has 3 aromatic heterocycles. The molecule has 3 aliphatic heterocycles. The normalized spacial score (nSPS) is 19.5. The SMILES string of the molecule is O=c1c(C2OCC2N2CCN(c3ncccn3)CC2)cn2c3c(c(-n4ccnc4)c(F)cc13)Oc1ccc3ccccc3c1-2. The summed E-state index contributed by atoms with van der Waals surface area (Å²) in [7, 11) is 0. The summed E-state index contributed by atoms with van der Waals surface area (Å²) in [6.45, 7) is 3.65. The quantitative estimate of drug-likeness (QED) is 0.295. The van der Waals surface area contributed by atoms with Crippen LogP contribution >= 0.6 is 0 Å². The Balaban J connectivity index is 1.18. The Morgan fingerprint density at radius 1 is 0.909 bits per heavy atom. The monoisotopic (exact) mass is 587 g/mol. The van der Waals surface area contributed by atoms with E-state index in [4.69, 9.17) is 9.47 Å². The number of rotatable bonds is 4. The number of piperazine rings is 1. The molecule has 3 aromatic carbocycles. The zero-order valence-electron chi connectivity index (χ0n) is 23.5. The molecule has 6 aromatic rings. The Morgan fingerprint density at radius 2 is 1.75 bits per heavy atom. The fourth-order valence-corrected chi connectivity index (χ4v) is 6.80. The van der Waals surface area contributed by atoms with Crippen LogP contribution in [0.5, 0.6) is 11.5 Å². The molecule has 0 aliphatic carbocycles. The van der Waals surface area contributed by atoms with Crippen molar-refractivity contribution in [2.75, 3.05) is 37.7 Å². The molecule has 10 nitrogen and oxygen atoms in total. The summed E-state index contributed by atoms with van der Waals surface area (Å²) in [4.78, 5) is 31.7. The number of hydrogen-bond donors (Lipinski definition) is 0. The van der Waals surface area contributed by atoms with Gasteiger partial charge in [-0.2, -0.15) is 0 Å². The minimum absolute atomic E-state index is 0.0214. The predicted molar refractivity (Wildman–Crippen MR) is 163 cm³/mol. The Morgan fingerprint density at radius 3 is 2.52 bits per heavy atom. The van der Waals surface area contributed by atoms with Gasteiger partial charge in [0.15, 0.2) is 22.7 Å². The van der Waals surface area contributed by atoms with E-state index < -0.39 is 11.9 Å². The van der Waals surface area contributed by atoms with Crippen LogP contribution in [-0.4, -0.2) is 67.8 Å². The fourth-order valence-electron chi connectivity index (χ4n) is 6.80. The summed E-state index contributed by atoms with van der Waals surface area (Å²) < 4.78 is 32.1. The lowest BCUT2D eigenvalue weighted by Crippen LogP contribution is -2.58. The maximum absolute atomic E-state index is 15.9. The first-order valence-electron chi connectivity index (χ1n) is 14.6. The van der Waals surface area contributed by atoms with Crippen molar-refractivity contribution < 1.29 is 13.9 Å². The van der Waals surface area contributed by atoms with Crippen LogP contribution in [0.2, 0.25) is 0 Å². The van der Waals surface area contributed by atoms with Crippen molar-refractivity contribution in [2.24, 2.45) is 0 Å². The summed E-state index contributed by atoms with van der Waals surface area (Å²) in [6.07, 6.45) is 9.70. The molecule has 2 unspecified atom stereocenters. The fraction of sp³-hybridized carbons (Fsp3) is 0.212. The number of ether oxygens (including phenoxy) is 2. The van der Waals surface area contributed by atoms with E-state index in [0.717, 1.165) is 48.6 Å². The Labute approximate surface area is 250 Å². The van der Waals surface area contributed by atoms with Gasteiger partial charge in [0.05, 0.1) is 30.0 Å². The van der Waals surface area contributed by atoms with Crippen molar-refractivity contribution in [1.82, 2.24) is 29.0 Å². The van der Waals surface area contributed by atoms with Crippen LogP contribution in [0.1, 0.15) is 11.7 Å². The molecule has 3 aliphatic rings. The van der Waals surface area contributed by atoms with Crippen LogP contribution in [0.4, 0.5) is 10.3 Å².